The summed E-state index contributed by atoms with van der Waals surface area (Å²) < 4.78 is 6.09. The highest BCUT2D eigenvalue weighted by Crippen LogP contribution is 2.48. The van der Waals surface area contributed by atoms with E-state index in [4.69, 9.17) is 0 Å². The maximum absolute atomic E-state index is 2.85. The summed E-state index contributed by atoms with van der Waals surface area (Å²) in [5.41, 5.74) is 3.00. The van der Waals surface area contributed by atoms with E-state index in [1.807, 2.05) is 34.0 Å². The fourth-order valence-corrected chi connectivity index (χ4v) is 7.44. The first kappa shape index (κ1) is 12.5. The van der Waals surface area contributed by atoms with Crippen molar-refractivity contribution in [1.29, 1.82) is 0 Å². The topological polar surface area (TPSA) is 0 Å². The van der Waals surface area contributed by atoms with E-state index in [-0.39, 0.29) is 0 Å². The Hall–Kier alpha value is 0.480. The molecule has 2 unspecified atom stereocenters. The van der Waals surface area contributed by atoms with E-state index in [0.717, 1.165) is 12.3 Å². The van der Waals surface area contributed by atoms with Gasteiger partial charge in [-0.05, 0) is 37.3 Å². The van der Waals surface area contributed by atoms with Crippen LogP contribution in [0.2, 0.25) is 0 Å². The second-order valence-electron chi connectivity index (χ2n) is 4.13. The Morgan fingerprint density at radius 3 is 1.47 bits per heavy atom. The summed E-state index contributed by atoms with van der Waals surface area (Å²) in [6.07, 6.45) is 2.17. The number of thiophene rings is 3. The second-order valence-corrected chi connectivity index (χ2v) is 8.17. The lowest BCUT2D eigenvalue weighted by molar-refractivity contribution is 1.44. The van der Waals surface area contributed by atoms with Gasteiger partial charge in [-0.3, -0.25) is 0 Å². The first-order chi connectivity index (χ1) is 8.17. The van der Waals surface area contributed by atoms with Crippen LogP contribution in [0.4, 0.5) is 0 Å². The third-order valence-electron chi connectivity index (χ3n) is 3.16. The minimum Gasteiger partial charge on any atom is -0.137 e. The van der Waals surface area contributed by atoms with Crippen molar-refractivity contribution in [2.75, 3.05) is 0 Å². The van der Waals surface area contributed by atoms with Gasteiger partial charge in [0.25, 0.3) is 0 Å². The fourth-order valence-electron chi connectivity index (χ4n) is 2.12. The molecule has 0 nitrogen and oxygen atoms in total. The van der Waals surface area contributed by atoms with E-state index < -0.39 is 0 Å². The summed E-state index contributed by atoms with van der Waals surface area (Å²) in [6.45, 7) is 4.54. The zero-order valence-corrected chi connectivity index (χ0v) is 14.6. The molecule has 0 saturated carbocycles. The molecule has 3 rings (SSSR count). The maximum atomic E-state index is 2.85. The SMILES string of the molecule is Cc1c(CP)sc2c1sc1c(C)c(CP)sc12. The first-order valence-corrected chi connectivity index (χ1v) is 9.58. The Bertz CT molecular complexity index is 643. The fraction of sp³-hybridized carbons (Fsp3) is 0.333. The van der Waals surface area contributed by atoms with Gasteiger partial charge >= 0.3 is 0 Å². The average molecular weight is 316 g/mol. The predicted octanol–water partition coefficient (Wildman–Crippen LogP) is 5.54. The lowest BCUT2D eigenvalue weighted by Gasteiger charge is -1.92. The van der Waals surface area contributed by atoms with Crippen LogP contribution < -0.4 is 0 Å². The average Bonchev–Trinajstić information content (AvgIpc) is 2.92. The Kier molecular flexibility index (Phi) is 3.34. The monoisotopic (exact) mass is 316 g/mol. The highest BCUT2D eigenvalue weighted by Gasteiger charge is 2.18. The van der Waals surface area contributed by atoms with Crippen molar-refractivity contribution in [2.24, 2.45) is 0 Å². The molecule has 0 aliphatic heterocycles. The number of aryl methyl sites for hydroxylation is 2. The third kappa shape index (κ3) is 1.75. The number of hydrogen-bond acceptors (Lipinski definition) is 3. The van der Waals surface area contributed by atoms with Crippen molar-refractivity contribution in [2.45, 2.75) is 26.2 Å². The van der Waals surface area contributed by atoms with Gasteiger partial charge in [0.2, 0.25) is 0 Å². The molecule has 0 spiro atoms. The van der Waals surface area contributed by atoms with Gasteiger partial charge in [-0.25, -0.2) is 0 Å². The van der Waals surface area contributed by atoms with Gasteiger partial charge in [0, 0.05) is 9.75 Å². The smallest absolute Gasteiger partial charge is 0.0635 e. The summed E-state index contributed by atoms with van der Waals surface area (Å²) in [7, 11) is 5.69. The molecule has 17 heavy (non-hydrogen) atoms. The molecule has 0 fully saturated rings. The lowest BCUT2D eigenvalue weighted by atomic mass is 10.2. The summed E-state index contributed by atoms with van der Waals surface area (Å²) in [5.74, 6) is 0. The van der Waals surface area contributed by atoms with Crippen LogP contribution in [0, 0.1) is 13.8 Å². The van der Waals surface area contributed by atoms with Crippen molar-refractivity contribution < 1.29 is 0 Å². The molecule has 90 valence electrons. The molecule has 0 aliphatic carbocycles. The molecule has 0 N–H and O–H groups in total. The van der Waals surface area contributed by atoms with Crippen molar-refractivity contribution in [3.8, 4) is 0 Å². The van der Waals surface area contributed by atoms with Crippen molar-refractivity contribution in [1.82, 2.24) is 0 Å². The molecule has 0 aliphatic rings. The number of fused-ring (bicyclic) bond motifs is 3. The molecule has 3 aromatic rings. The van der Waals surface area contributed by atoms with Crippen molar-refractivity contribution >= 4 is 71.3 Å². The molecular weight excluding hydrogens is 302 g/mol. The molecule has 0 aromatic carbocycles. The summed E-state index contributed by atoms with van der Waals surface area (Å²) in [6, 6.07) is 0. The Balaban J connectivity index is 2.41. The maximum Gasteiger partial charge on any atom is 0.0635 e. The van der Waals surface area contributed by atoms with E-state index >= 15 is 0 Å². The van der Waals surface area contributed by atoms with E-state index in [1.165, 1.54) is 39.7 Å². The number of rotatable bonds is 2. The van der Waals surface area contributed by atoms with E-state index in [9.17, 15) is 0 Å². The van der Waals surface area contributed by atoms with Crippen LogP contribution in [0.15, 0.2) is 0 Å². The molecule has 3 aromatic heterocycles. The van der Waals surface area contributed by atoms with Crippen LogP contribution in [0.3, 0.4) is 0 Å². The van der Waals surface area contributed by atoms with Gasteiger partial charge in [0.15, 0.2) is 0 Å². The van der Waals surface area contributed by atoms with Crippen molar-refractivity contribution in [3.05, 3.63) is 20.9 Å². The minimum atomic E-state index is 1.08. The van der Waals surface area contributed by atoms with Crippen LogP contribution in [0.5, 0.6) is 0 Å². The molecular formula is C12H14P2S3. The summed E-state index contributed by atoms with van der Waals surface area (Å²) >= 11 is 5.96. The minimum absolute atomic E-state index is 1.08. The predicted molar refractivity (Wildman–Crippen MR) is 91.4 cm³/mol. The first-order valence-electron chi connectivity index (χ1n) is 5.50. The lowest BCUT2D eigenvalue weighted by Crippen LogP contribution is -1.72. The third-order valence-corrected chi connectivity index (χ3v) is 9.05. The normalized spacial score (nSPS) is 12.0. The largest absolute Gasteiger partial charge is 0.137 e. The zero-order chi connectivity index (χ0) is 12.2. The van der Waals surface area contributed by atoms with Crippen LogP contribution in [-0.2, 0) is 12.3 Å². The Labute approximate surface area is 118 Å². The van der Waals surface area contributed by atoms with E-state index in [2.05, 4.69) is 32.3 Å². The highest BCUT2D eigenvalue weighted by atomic mass is 32.1. The zero-order valence-electron chi connectivity index (χ0n) is 9.79. The molecule has 0 radical (unpaired) electrons. The van der Waals surface area contributed by atoms with Gasteiger partial charge in [0.1, 0.15) is 0 Å². The van der Waals surface area contributed by atoms with Gasteiger partial charge < -0.3 is 0 Å². The molecule has 0 bridgehead atoms. The van der Waals surface area contributed by atoms with Crippen LogP contribution in [0.25, 0.3) is 18.8 Å². The van der Waals surface area contributed by atoms with Crippen LogP contribution in [-0.4, -0.2) is 0 Å². The second kappa shape index (κ2) is 4.54. The van der Waals surface area contributed by atoms with Crippen LogP contribution in [0.1, 0.15) is 20.9 Å². The van der Waals surface area contributed by atoms with Gasteiger partial charge in [-0.2, -0.15) is 0 Å². The highest BCUT2D eigenvalue weighted by molar-refractivity contribution is 7.39. The summed E-state index contributed by atoms with van der Waals surface area (Å²) in [4.78, 5) is 3.05. The molecule has 0 saturated heterocycles. The Morgan fingerprint density at radius 2 is 1.12 bits per heavy atom. The number of hydrogen-bond donors (Lipinski definition) is 0. The molecule has 5 heteroatoms. The van der Waals surface area contributed by atoms with Crippen molar-refractivity contribution in [3.63, 3.8) is 0 Å². The Morgan fingerprint density at radius 1 is 0.706 bits per heavy atom. The molecule has 2 atom stereocenters. The standard InChI is InChI=1S/C12H14P2S3/c1-5-7(3-13)15-11-9(5)17-10-6(2)8(4-14)16-12(10)11/h3-4,13-14H2,1-2H3. The van der Waals surface area contributed by atoms with Crippen LogP contribution >= 0.6 is 52.5 Å². The summed E-state index contributed by atoms with van der Waals surface area (Å²) in [5, 5.41) is 0. The van der Waals surface area contributed by atoms with Gasteiger partial charge in [-0.1, -0.05) is 0 Å². The van der Waals surface area contributed by atoms with Gasteiger partial charge in [-0.15, -0.1) is 52.5 Å². The van der Waals surface area contributed by atoms with Gasteiger partial charge in [0.05, 0.1) is 18.8 Å². The molecule has 3 heterocycles. The van der Waals surface area contributed by atoms with E-state index in [1.54, 1.807) is 0 Å². The quantitative estimate of drug-likeness (QED) is 0.544. The molecule has 0 amide bonds. The van der Waals surface area contributed by atoms with E-state index in [0.29, 0.717) is 0 Å².